The van der Waals surface area contributed by atoms with E-state index < -0.39 is 6.67 Å². The summed E-state index contributed by atoms with van der Waals surface area (Å²) in [5.74, 6) is 0. The van der Waals surface area contributed by atoms with E-state index in [0.29, 0.717) is 17.5 Å². The molecule has 52 valence electrons. The second-order valence-corrected chi connectivity index (χ2v) is 1.98. The van der Waals surface area contributed by atoms with Crippen molar-refractivity contribution in [1.82, 2.24) is 0 Å². The van der Waals surface area contributed by atoms with Gasteiger partial charge in [-0.3, -0.25) is 0 Å². The largest absolute Gasteiger partial charge is 0.246 e. The third-order valence-corrected chi connectivity index (χ3v) is 0.857. The van der Waals surface area contributed by atoms with E-state index in [1.54, 1.807) is 13.8 Å². The third-order valence-electron chi connectivity index (χ3n) is 0.857. The molecule has 2 heteroatoms. The Bertz CT molecular complexity index is 134. The van der Waals surface area contributed by atoms with Crippen molar-refractivity contribution in [3.63, 3.8) is 0 Å². The molecule has 0 nitrogen and oxygen atoms in total. The first-order chi connectivity index (χ1) is 4.20. The smallest absolute Gasteiger partial charge is 0.111 e. The van der Waals surface area contributed by atoms with Crippen molar-refractivity contribution in [3.8, 4) is 0 Å². The zero-order valence-electron chi connectivity index (χ0n) is 5.62. The van der Waals surface area contributed by atoms with Gasteiger partial charge < -0.3 is 0 Å². The maximum atomic E-state index is 11.7. The van der Waals surface area contributed by atoms with Gasteiger partial charge in [-0.15, -0.1) is 0 Å². The van der Waals surface area contributed by atoms with Gasteiger partial charge in [-0.25, -0.2) is 8.78 Å². The molecule has 0 aliphatic heterocycles. The van der Waals surface area contributed by atoms with Gasteiger partial charge in [0.1, 0.15) is 6.67 Å². The van der Waals surface area contributed by atoms with Crippen LogP contribution in [0.25, 0.3) is 0 Å². The van der Waals surface area contributed by atoms with E-state index in [-0.39, 0.29) is 0 Å². The first-order valence-electron chi connectivity index (χ1n) is 2.71. The maximum Gasteiger partial charge on any atom is 0.111 e. The fraction of sp³-hybridized carbons (Fsp3) is 0.429. The van der Waals surface area contributed by atoms with E-state index in [9.17, 15) is 8.78 Å². The van der Waals surface area contributed by atoms with Crippen LogP contribution in [0.1, 0.15) is 13.8 Å². The Morgan fingerprint density at radius 2 is 2.00 bits per heavy atom. The highest BCUT2D eigenvalue weighted by Gasteiger charge is 1.86. The van der Waals surface area contributed by atoms with Gasteiger partial charge in [0, 0.05) is 0 Å². The first kappa shape index (κ1) is 8.34. The van der Waals surface area contributed by atoms with Crippen LogP contribution in [-0.4, -0.2) is 6.67 Å². The zero-order valence-corrected chi connectivity index (χ0v) is 5.62. The van der Waals surface area contributed by atoms with Gasteiger partial charge >= 0.3 is 0 Å². The second kappa shape index (κ2) is 4.24. The molecule has 0 fully saturated rings. The molecular formula is C7H10F2. The molecule has 0 unspecified atom stereocenters. The molecule has 0 saturated heterocycles. The van der Waals surface area contributed by atoms with E-state index >= 15 is 0 Å². The quantitative estimate of drug-likeness (QED) is 0.507. The summed E-state index contributed by atoms with van der Waals surface area (Å²) in [4.78, 5) is 0. The van der Waals surface area contributed by atoms with Crippen molar-refractivity contribution in [2.45, 2.75) is 13.8 Å². The molecule has 0 N–H and O–H groups in total. The van der Waals surface area contributed by atoms with Crippen molar-refractivity contribution >= 4 is 0 Å². The van der Waals surface area contributed by atoms with Gasteiger partial charge in [0.25, 0.3) is 0 Å². The van der Waals surface area contributed by atoms with Crippen molar-refractivity contribution in [2.75, 3.05) is 6.67 Å². The Morgan fingerprint density at radius 3 is 2.33 bits per heavy atom. The molecule has 0 bridgehead atoms. The molecule has 0 saturated carbocycles. The molecule has 0 spiro atoms. The molecule has 0 aliphatic rings. The van der Waals surface area contributed by atoms with Crippen LogP contribution in [0.3, 0.4) is 0 Å². The van der Waals surface area contributed by atoms with Crippen LogP contribution in [0, 0.1) is 0 Å². The third kappa shape index (κ3) is 3.88. The molecule has 9 heavy (non-hydrogen) atoms. The van der Waals surface area contributed by atoms with E-state index in [2.05, 4.69) is 0 Å². The van der Waals surface area contributed by atoms with Crippen LogP contribution < -0.4 is 0 Å². The predicted molar refractivity (Wildman–Crippen MR) is 34.6 cm³/mol. The standard InChI is InChI=1S/C7H10F2/c1-6(4-8)3-7(2)5-9/h3-4H,5H2,1-2H3. The second-order valence-electron chi connectivity index (χ2n) is 1.98. The lowest BCUT2D eigenvalue weighted by Gasteiger charge is -1.90. The van der Waals surface area contributed by atoms with Gasteiger partial charge in [0.15, 0.2) is 0 Å². The fourth-order valence-electron chi connectivity index (χ4n) is 0.459. The summed E-state index contributed by atoms with van der Waals surface area (Å²) in [6, 6.07) is 0. The lowest BCUT2D eigenvalue weighted by molar-refractivity contribution is 0.543. The van der Waals surface area contributed by atoms with Crippen LogP contribution in [0.5, 0.6) is 0 Å². The van der Waals surface area contributed by atoms with Gasteiger partial charge in [-0.1, -0.05) is 6.08 Å². The van der Waals surface area contributed by atoms with E-state index in [0.717, 1.165) is 0 Å². The maximum absolute atomic E-state index is 11.7. The topological polar surface area (TPSA) is 0 Å². The van der Waals surface area contributed by atoms with E-state index in [4.69, 9.17) is 0 Å². The molecule has 0 heterocycles. The van der Waals surface area contributed by atoms with Crippen LogP contribution in [0.2, 0.25) is 0 Å². The molecule has 0 aromatic rings. The molecule has 0 aromatic heterocycles. The highest BCUT2D eigenvalue weighted by Crippen LogP contribution is 2.01. The lowest BCUT2D eigenvalue weighted by atomic mass is 10.2. The average molecular weight is 132 g/mol. The summed E-state index contributed by atoms with van der Waals surface area (Å²) in [6.45, 7) is 2.69. The summed E-state index contributed by atoms with van der Waals surface area (Å²) >= 11 is 0. The Hall–Kier alpha value is -0.660. The lowest BCUT2D eigenvalue weighted by Crippen LogP contribution is -1.77. The zero-order chi connectivity index (χ0) is 7.28. The SMILES string of the molecule is CC(=CF)C=C(C)CF. The van der Waals surface area contributed by atoms with Gasteiger partial charge in [0.2, 0.25) is 0 Å². The number of halogens is 2. The van der Waals surface area contributed by atoms with Crippen molar-refractivity contribution in [2.24, 2.45) is 0 Å². The van der Waals surface area contributed by atoms with Crippen LogP contribution in [-0.2, 0) is 0 Å². The summed E-state index contributed by atoms with van der Waals surface area (Å²) in [7, 11) is 0. The van der Waals surface area contributed by atoms with Gasteiger partial charge in [-0.05, 0) is 25.0 Å². The highest BCUT2D eigenvalue weighted by atomic mass is 19.1. The molecule has 0 rings (SSSR count). The molecule has 0 aliphatic carbocycles. The first-order valence-corrected chi connectivity index (χ1v) is 2.71. The number of rotatable bonds is 2. The van der Waals surface area contributed by atoms with Crippen LogP contribution >= 0.6 is 0 Å². The summed E-state index contributed by atoms with van der Waals surface area (Å²) in [6.07, 6.45) is 1.93. The summed E-state index contributed by atoms with van der Waals surface area (Å²) < 4.78 is 23.2. The highest BCUT2D eigenvalue weighted by molar-refractivity contribution is 5.18. The minimum atomic E-state index is -0.509. The number of hydrogen-bond acceptors (Lipinski definition) is 0. The Labute approximate surface area is 53.9 Å². The van der Waals surface area contributed by atoms with Gasteiger partial charge in [-0.2, -0.15) is 0 Å². The van der Waals surface area contributed by atoms with E-state index in [1.807, 2.05) is 0 Å². The normalized spacial score (nSPS) is 14.2. The minimum Gasteiger partial charge on any atom is -0.246 e. The Morgan fingerprint density at radius 1 is 1.44 bits per heavy atom. The molecule has 0 atom stereocenters. The number of allylic oxidation sites excluding steroid dienone is 3. The monoisotopic (exact) mass is 132 g/mol. The number of hydrogen-bond donors (Lipinski definition) is 0. The minimum absolute atomic E-state index is 0.449. The Balaban J connectivity index is 3.95. The molecule has 0 radical (unpaired) electrons. The van der Waals surface area contributed by atoms with Crippen molar-refractivity contribution in [3.05, 3.63) is 23.6 Å². The fourth-order valence-corrected chi connectivity index (χ4v) is 0.459. The van der Waals surface area contributed by atoms with Crippen LogP contribution in [0.15, 0.2) is 23.6 Å². The average Bonchev–Trinajstić information content (AvgIpc) is 1.87. The predicted octanol–water partition coefficient (Wildman–Crippen LogP) is 2.78. The summed E-state index contributed by atoms with van der Waals surface area (Å²) in [5.41, 5.74) is 0.992. The van der Waals surface area contributed by atoms with Crippen molar-refractivity contribution < 1.29 is 8.78 Å². The molecule has 0 aromatic carbocycles. The van der Waals surface area contributed by atoms with E-state index in [1.165, 1.54) is 6.08 Å². The molecule has 0 amide bonds. The Kier molecular flexibility index (Phi) is 3.93. The molecular weight excluding hydrogens is 122 g/mol. The van der Waals surface area contributed by atoms with Crippen molar-refractivity contribution in [1.29, 1.82) is 0 Å². The van der Waals surface area contributed by atoms with Crippen LogP contribution in [0.4, 0.5) is 8.78 Å². The number of alkyl halides is 1. The van der Waals surface area contributed by atoms with Gasteiger partial charge in [0.05, 0.1) is 6.33 Å². The summed E-state index contributed by atoms with van der Waals surface area (Å²) in [5, 5.41) is 0.